The fraction of sp³-hybridized carbons (Fsp3) is 0.448. The second-order valence-electron chi connectivity index (χ2n) is 10.7. The van der Waals surface area contributed by atoms with E-state index < -0.39 is 11.9 Å². The van der Waals surface area contributed by atoms with Gasteiger partial charge in [-0.15, -0.1) is 0 Å². The molecule has 10 heteroatoms. The molecule has 3 saturated heterocycles. The van der Waals surface area contributed by atoms with Crippen LogP contribution in [0.4, 0.5) is 5.69 Å². The van der Waals surface area contributed by atoms with Crippen molar-refractivity contribution in [2.45, 2.75) is 44.9 Å². The number of fused-ring (bicyclic) bond motifs is 1. The van der Waals surface area contributed by atoms with Gasteiger partial charge in [-0.05, 0) is 42.2 Å². The number of aryl methyl sites for hydroxylation is 1. The SMILES string of the molecule is Cc1cc(CN2CC(N3CCOCC3)C2)ccc1CNc1cccc2ncn(C3CCC(=O)NC3=O)c(=O)c12. The third kappa shape index (κ3) is 5.32. The van der Waals surface area contributed by atoms with Gasteiger partial charge in [0.25, 0.3) is 5.56 Å². The number of likely N-dealkylation sites (tertiary alicyclic amines) is 1. The van der Waals surface area contributed by atoms with Gasteiger partial charge in [-0.3, -0.25) is 34.1 Å². The van der Waals surface area contributed by atoms with Crippen LogP contribution in [0.5, 0.6) is 0 Å². The molecular weight excluding hydrogens is 496 g/mol. The fourth-order valence-electron chi connectivity index (χ4n) is 5.84. The van der Waals surface area contributed by atoms with Crippen LogP contribution in [0.1, 0.15) is 35.6 Å². The van der Waals surface area contributed by atoms with E-state index in [1.165, 1.54) is 22.0 Å². The van der Waals surface area contributed by atoms with Crippen molar-refractivity contribution < 1.29 is 14.3 Å². The van der Waals surface area contributed by atoms with Gasteiger partial charge < -0.3 is 10.1 Å². The van der Waals surface area contributed by atoms with Crippen LogP contribution in [0.3, 0.4) is 0 Å². The van der Waals surface area contributed by atoms with Crippen molar-refractivity contribution in [3.8, 4) is 0 Å². The summed E-state index contributed by atoms with van der Waals surface area (Å²) < 4.78 is 6.81. The average molecular weight is 531 g/mol. The molecule has 1 aromatic heterocycles. The predicted molar refractivity (Wildman–Crippen MR) is 147 cm³/mol. The lowest BCUT2D eigenvalue weighted by atomic mass is 10.0. The highest BCUT2D eigenvalue weighted by atomic mass is 16.5. The van der Waals surface area contributed by atoms with Crippen molar-refractivity contribution in [1.29, 1.82) is 0 Å². The van der Waals surface area contributed by atoms with Crippen LogP contribution in [-0.4, -0.2) is 76.6 Å². The van der Waals surface area contributed by atoms with Crippen molar-refractivity contribution in [3.63, 3.8) is 0 Å². The number of piperidine rings is 1. The molecule has 39 heavy (non-hydrogen) atoms. The van der Waals surface area contributed by atoms with Crippen LogP contribution in [0, 0.1) is 6.92 Å². The van der Waals surface area contributed by atoms with E-state index in [0.29, 0.717) is 29.2 Å². The quantitative estimate of drug-likeness (QED) is 0.446. The summed E-state index contributed by atoms with van der Waals surface area (Å²) >= 11 is 0. The van der Waals surface area contributed by atoms with Crippen LogP contribution < -0.4 is 16.2 Å². The molecule has 2 aromatic carbocycles. The number of benzene rings is 2. The molecule has 0 aliphatic carbocycles. The minimum atomic E-state index is -0.745. The normalized spacial score (nSPS) is 21.1. The summed E-state index contributed by atoms with van der Waals surface area (Å²) in [7, 11) is 0. The van der Waals surface area contributed by atoms with Gasteiger partial charge in [0, 0.05) is 57.4 Å². The van der Waals surface area contributed by atoms with Crippen molar-refractivity contribution in [2.24, 2.45) is 0 Å². The van der Waals surface area contributed by atoms with Crippen molar-refractivity contribution in [2.75, 3.05) is 44.7 Å². The van der Waals surface area contributed by atoms with E-state index >= 15 is 0 Å². The van der Waals surface area contributed by atoms with Gasteiger partial charge in [0.15, 0.2) is 0 Å². The summed E-state index contributed by atoms with van der Waals surface area (Å²) in [5, 5.41) is 6.18. The number of hydrogen-bond donors (Lipinski definition) is 2. The monoisotopic (exact) mass is 530 g/mol. The van der Waals surface area contributed by atoms with Gasteiger partial charge >= 0.3 is 0 Å². The number of hydrogen-bond acceptors (Lipinski definition) is 8. The predicted octanol–water partition coefficient (Wildman–Crippen LogP) is 1.81. The highest BCUT2D eigenvalue weighted by molar-refractivity contribution is 5.99. The molecule has 0 spiro atoms. The summed E-state index contributed by atoms with van der Waals surface area (Å²) in [6.07, 6.45) is 1.88. The number of morpholine rings is 1. The molecule has 3 aliphatic rings. The number of ether oxygens (including phenoxy) is 1. The number of aromatic nitrogens is 2. The summed E-state index contributed by atoms with van der Waals surface area (Å²) in [5.41, 5.74) is 4.59. The third-order valence-electron chi connectivity index (χ3n) is 8.14. The average Bonchev–Trinajstić information content (AvgIpc) is 2.91. The zero-order valence-electron chi connectivity index (χ0n) is 22.2. The summed E-state index contributed by atoms with van der Waals surface area (Å²) in [6, 6.07) is 12.0. The van der Waals surface area contributed by atoms with Crippen LogP contribution in [0.2, 0.25) is 0 Å². The summed E-state index contributed by atoms with van der Waals surface area (Å²) in [5.74, 6) is -0.783. The van der Waals surface area contributed by atoms with Gasteiger partial charge in [0.2, 0.25) is 11.8 Å². The lowest BCUT2D eigenvalue weighted by Crippen LogP contribution is -2.60. The Bertz CT molecular complexity index is 1460. The third-order valence-corrected chi connectivity index (χ3v) is 8.14. The molecule has 0 bridgehead atoms. The Hall–Kier alpha value is -3.60. The van der Waals surface area contributed by atoms with E-state index in [9.17, 15) is 14.4 Å². The first-order valence-electron chi connectivity index (χ1n) is 13.7. The molecule has 4 heterocycles. The standard InChI is InChI=1S/C29H34N6O4/c1-19-13-20(15-33-16-22(17-33)34-9-11-39-12-10-34)5-6-21(19)14-30-23-3-2-4-24-27(23)29(38)35(18-31-24)25-7-8-26(36)32-28(25)37/h2-6,13,18,22,25,30H,7-12,14-17H2,1H3,(H,32,36,37). The number of nitrogens with zero attached hydrogens (tertiary/aromatic N) is 4. The van der Waals surface area contributed by atoms with E-state index in [1.807, 2.05) is 12.1 Å². The zero-order valence-corrected chi connectivity index (χ0v) is 22.2. The van der Waals surface area contributed by atoms with Gasteiger partial charge in [0.1, 0.15) is 6.04 Å². The number of carbonyl (C=O) groups excluding carboxylic acids is 2. The van der Waals surface area contributed by atoms with Crippen LogP contribution in [-0.2, 0) is 27.4 Å². The Morgan fingerprint density at radius 3 is 2.69 bits per heavy atom. The minimum absolute atomic E-state index is 0.197. The Morgan fingerprint density at radius 1 is 1.10 bits per heavy atom. The number of nitrogens with one attached hydrogen (secondary N) is 2. The largest absolute Gasteiger partial charge is 0.380 e. The Labute approximate surface area is 226 Å². The Morgan fingerprint density at radius 2 is 1.92 bits per heavy atom. The van der Waals surface area contributed by atoms with Crippen molar-refractivity contribution >= 4 is 28.4 Å². The molecule has 204 valence electrons. The van der Waals surface area contributed by atoms with E-state index in [2.05, 4.69) is 50.5 Å². The highest BCUT2D eigenvalue weighted by Crippen LogP contribution is 2.24. The molecule has 2 amide bonds. The van der Waals surface area contributed by atoms with Gasteiger partial charge in [-0.25, -0.2) is 4.98 Å². The second kappa shape index (κ2) is 10.9. The summed E-state index contributed by atoms with van der Waals surface area (Å²) in [6.45, 7) is 9.60. The first-order chi connectivity index (χ1) is 19.0. The molecule has 0 saturated carbocycles. The molecule has 2 N–H and O–H groups in total. The molecule has 3 aromatic rings. The smallest absolute Gasteiger partial charge is 0.264 e. The number of anilines is 1. The van der Waals surface area contributed by atoms with Crippen molar-refractivity contribution in [3.05, 3.63) is 69.8 Å². The lowest BCUT2D eigenvalue weighted by molar-refractivity contribution is -0.135. The Balaban J connectivity index is 1.13. The first-order valence-corrected chi connectivity index (χ1v) is 13.7. The van der Waals surface area contributed by atoms with Gasteiger partial charge in [-0.2, -0.15) is 0 Å². The zero-order chi connectivity index (χ0) is 26.9. The van der Waals surface area contributed by atoms with Gasteiger partial charge in [0.05, 0.1) is 30.4 Å². The van der Waals surface area contributed by atoms with Crippen LogP contribution in [0.25, 0.3) is 10.9 Å². The van der Waals surface area contributed by atoms with E-state index in [4.69, 9.17) is 4.74 Å². The molecule has 3 aliphatic heterocycles. The number of amides is 2. The fourth-order valence-corrected chi connectivity index (χ4v) is 5.84. The van der Waals surface area contributed by atoms with Gasteiger partial charge in [-0.1, -0.05) is 24.3 Å². The maximum atomic E-state index is 13.5. The maximum absolute atomic E-state index is 13.5. The number of rotatable bonds is 7. The Kier molecular flexibility index (Phi) is 7.16. The lowest BCUT2D eigenvalue weighted by Gasteiger charge is -2.46. The maximum Gasteiger partial charge on any atom is 0.264 e. The minimum Gasteiger partial charge on any atom is -0.380 e. The van der Waals surface area contributed by atoms with E-state index in [0.717, 1.165) is 51.5 Å². The highest BCUT2D eigenvalue weighted by Gasteiger charge is 2.32. The van der Waals surface area contributed by atoms with Crippen molar-refractivity contribution in [1.82, 2.24) is 24.7 Å². The molecule has 10 nitrogen and oxygen atoms in total. The topological polar surface area (TPSA) is 109 Å². The summed E-state index contributed by atoms with van der Waals surface area (Å²) in [4.78, 5) is 46.9. The molecule has 6 rings (SSSR count). The number of imide groups is 1. The number of carbonyl (C=O) groups is 2. The molecule has 0 radical (unpaired) electrons. The first kappa shape index (κ1) is 25.7. The molecular formula is C29H34N6O4. The van der Waals surface area contributed by atoms with Crippen LogP contribution >= 0.6 is 0 Å². The second-order valence-corrected chi connectivity index (χ2v) is 10.7. The molecule has 1 unspecified atom stereocenters. The van der Waals surface area contributed by atoms with Crippen LogP contribution in [0.15, 0.2) is 47.5 Å². The molecule has 1 atom stereocenters. The van der Waals surface area contributed by atoms with E-state index in [1.54, 1.807) is 6.07 Å². The molecule has 3 fully saturated rings. The van der Waals surface area contributed by atoms with E-state index in [-0.39, 0.29) is 24.3 Å².